The lowest BCUT2D eigenvalue weighted by molar-refractivity contribution is 0.216. The predicted octanol–water partition coefficient (Wildman–Crippen LogP) is 3.09. The third kappa shape index (κ3) is 3.74. The van der Waals surface area contributed by atoms with E-state index in [1.165, 1.54) is 5.56 Å². The summed E-state index contributed by atoms with van der Waals surface area (Å²) in [5.74, 6) is 0.687. The minimum atomic E-state index is -0.223. The molecule has 0 aliphatic heterocycles. The molecule has 0 fully saturated rings. The van der Waals surface area contributed by atoms with Crippen LogP contribution in [0.2, 0.25) is 0 Å². The van der Waals surface area contributed by atoms with Crippen molar-refractivity contribution in [1.82, 2.24) is 0 Å². The monoisotopic (exact) mass is 235 g/mol. The van der Waals surface area contributed by atoms with Crippen molar-refractivity contribution in [3.63, 3.8) is 0 Å². The highest BCUT2D eigenvalue weighted by Gasteiger charge is 2.22. The fourth-order valence-electron chi connectivity index (χ4n) is 1.78. The average Bonchev–Trinajstić information content (AvgIpc) is 2.28. The van der Waals surface area contributed by atoms with Gasteiger partial charge < -0.3 is 10.0 Å². The van der Waals surface area contributed by atoms with Crippen LogP contribution in [0.25, 0.3) is 0 Å². The summed E-state index contributed by atoms with van der Waals surface area (Å²) >= 11 is 0. The van der Waals surface area contributed by atoms with E-state index in [9.17, 15) is 5.11 Å². The van der Waals surface area contributed by atoms with Gasteiger partial charge in [0.25, 0.3) is 0 Å². The van der Waals surface area contributed by atoms with Gasteiger partial charge >= 0.3 is 0 Å². The summed E-state index contributed by atoms with van der Waals surface area (Å²) in [6.45, 7) is 8.69. The van der Waals surface area contributed by atoms with Gasteiger partial charge in [-0.15, -0.1) is 0 Å². The number of anilines is 1. The van der Waals surface area contributed by atoms with Crippen LogP contribution in [-0.2, 0) is 6.42 Å². The Morgan fingerprint density at radius 3 is 2.12 bits per heavy atom. The van der Waals surface area contributed by atoms with Crippen LogP contribution in [0.3, 0.4) is 0 Å². The van der Waals surface area contributed by atoms with Crippen molar-refractivity contribution < 1.29 is 5.11 Å². The Hall–Kier alpha value is -1.02. The molecule has 1 aromatic carbocycles. The fourth-order valence-corrected chi connectivity index (χ4v) is 1.78. The van der Waals surface area contributed by atoms with Crippen LogP contribution in [0.1, 0.15) is 33.3 Å². The number of likely N-dealkylation sites (N-methyl/N-ethyl adjacent to an activating group) is 1. The minimum Gasteiger partial charge on any atom is -0.394 e. The van der Waals surface area contributed by atoms with E-state index in [4.69, 9.17) is 0 Å². The zero-order chi connectivity index (χ0) is 13.1. The summed E-state index contributed by atoms with van der Waals surface area (Å²) in [5.41, 5.74) is 2.30. The SMILES string of the molecule is CC(C)Cc1ccc(N(C)C(C)(C)CO)cc1. The molecule has 0 unspecified atom stereocenters. The first-order valence-electron chi connectivity index (χ1n) is 6.30. The molecule has 2 heteroatoms. The van der Waals surface area contributed by atoms with Crippen LogP contribution in [0.15, 0.2) is 24.3 Å². The molecule has 0 bridgehead atoms. The smallest absolute Gasteiger partial charge is 0.0658 e. The number of aliphatic hydroxyl groups excluding tert-OH is 1. The molecule has 0 aliphatic rings. The normalized spacial score (nSPS) is 11.9. The van der Waals surface area contributed by atoms with E-state index >= 15 is 0 Å². The second kappa shape index (κ2) is 5.54. The van der Waals surface area contributed by atoms with Gasteiger partial charge in [-0.25, -0.2) is 0 Å². The second-order valence-electron chi connectivity index (χ2n) is 5.79. The van der Waals surface area contributed by atoms with Crippen LogP contribution in [0, 0.1) is 5.92 Å². The van der Waals surface area contributed by atoms with E-state index in [1.54, 1.807) is 0 Å². The summed E-state index contributed by atoms with van der Waals surface area (Å²) in [4.78, 5) is 2.12. The molecule has 1 N–H and O–H groups in total. The molecule has 0 amide bonds. The zero-order valence-corrected chi connectivity index (χ0v) is 11.7. The maximum Gasteiger partial charge on any atom is 0.0658 e. The van der Waals surface area contributed by atoms with Crippen LogP contribution in [-0.4, -0.2) is 24.3 Å². The molecule has 1 rings (SSSR count). The average molecular weight is 235 g/mol. The summed E-state index contributed by atoms with van der Waals surface area (Å²) in [5, 5.41) is 9.36. The number of hydrogen-bond donors (Lipinski definition) is 1. The lowest BCUT2D eigenvalue weighted by Gasteiger charge is -2.36. The third-order valence-corrected chi connectivity index (χ3v) is 3.26. The Bertz CT molecular complexity index is 340. The number of nitrogens with zero attached hydrogens (tertiary/aromatic N) is 1. The second-order valence-corrected chi connectivity index (χ2v) is 5.79. The first-order valence-corrected chi connectivity index (χ1v) is 6.30. The van der Waals surface area contributed by atoms with Crippen molar-refractivity contribution in [3.05, 3.63) is 29.8 Å². The Morgan fingerprint density at radius 2 is 1.71 bits per heavy atom. The summed E-state index contributed by atoms with van der Waals surface area (Å²) in [6, 6.07) is 8.63. The Labute approximate surface area is 105 Å². The fraction of sp³-hybridized carbons (Fsp3) is 0.600. The van der Waals surface area contributed by atoms with E-state index in [0.717, 1.165) is 12.1 Å². The Morgan fingerprint density at radius 1 is 1.18 bits per heavy atom. The first kappa shape index (κ1) is 14.0. The standard InChI is InChI=1S/C15H25NO/c1-12(2)10-13-6-8-14(9-7-13)16(5)15(3,4)11-17/h6-9,12,17H,10-11H2,1-5H3. The molecule has 0 saturated heterocycles. The van der Waals surface area contributed by atoms with Crippen molar-refractivity contribution in [2.75, 3.05) is 18.6 Å². The molecule has 2 nitrogen and oxygen atoms in total. The molecule has 96 valence electrons. The van der Waals surface area contributed by atoms with Gasteiger partial charge in [-0.3, -0.25) is 0 Å². The van der Waals surface area contributed by atoms with Gasteiger partial charge in [0.15, 0.2) is 0 Å². The van der Waals surface area contributed by atoms with E-state index in [1.807, 2.05) is 20.9 Å². The lowest BCUT2D eigenvalue weighted by Crippen LogP contribution is -2.44. The van der Waals surface area contributed by atoms with Gasteiger partial charge in [0.1, 0.15) is 0 Å². The molecule has 0 aromatic heterocycles. The van der Waals surface area contributed by atoms with E-state index < -0.39 is 0 Å². The molecule has 0 aliphatic carbocycles. The predicted molar refractivity (Wildman–Crippen MR) is 74.6 cm³/mol. The molecule has 0 radical (unpaired) electrons. The quantitative estimate of drug-likeness (QED) is 0.847. The van der Waals surface area contributed by atoms with Crippen LogP contribution in [0.4, 0.5) is 5.69 Å². The molecule has 0 heterocycles. The highest BCUT2D eigenvalue weighted by Crippen LogP contribution is 2.22. The highest BCUT2D eigenvalue weighted by atomic mass is 16.3. The van der Waals surface area contributed by atoms with E-state index in [0.29, 0.717) is 5.92 Å². The van der Waals surface area contributed by atoms with Crippen LogP contribution >= 0.6 is 0 Å². The molecular weight excluding hydrogens is 210 g/mol. The molecular formula is C15H25NO. The van der Waals surface area contributed by atoms with Crippen molar-refractivity contribution in [3.8, 4) is 0 Å². The molecule has 0 atom stereocenters. The van der Waals surface area contributed by atoms with Gasteiger partial charge in [0.05, 0.1) is 12.1 Å². The van der Waals surface area contributed by atoms with Crippen molar-refractivity contribution in [2.24, 2.45) is 5.92 Å². The maximum atomic E-state index is 9.36. The van der Waals surface area contributed by atoms with Gasteiger partial charge in [0, 0.05) is 12.7 Å². The number of hydrogen-bond acceptors (Lipinski definition) is 2. The largest absolute Gasteiger partial charge is 0.394 e. The molecule has 0 saturated carbocycles. The highest BCUT2D eigenvalue weighted by molar-refractivity contribution is 5.49. The Kier molecular flexibility index (Phi) is 4.58. The van der Waals surface area contributed by atoms with Gasteiger partial charge in [-0.05, 0) is 43.9 Å². The Balaban J connectivity index is 2.80. The van der Waals surface area contributed by atoms with Crippen molar-refractivity contribution >= 4 is 5.69 Å². The number of rotatable bonds is 5. The molecule has 0 spiro atoms. The van der Waals surface area contributed by atoms with E-state index in [2.05, 4.69) is 43.0 Å². The van der Waals surface area contributed by atoms with Gasteiger partial charge in [0.2, 0.25) is 0 Å². The zero-order valence-electron chi connectivity index (χ0n) is 11.7. The van der Waals surface area contributed by atoms with Crippen LogP contribution in [0.5, 0.6) is 0 Å². The first-order chi connectivity index (χ1) is 7.86. The number of aliphatic hydroxyl groups is 1. The van der Waals surface area contributed by atoms with Gasteiger partial charge in [-0.2, -0.15) is 0 Å². The number of benzene rings is 1. The van der Waals surface area contributed by atoms with Crippen molar-refractivity contribution in [2.45, 2.75) is 39.7 Å². The maximum absolute atomic E-state index is 9.36. The molecule has 17 heavy (non-hydrogen) atoms. The topological polar surface area (TPSA) is 23.5 Å². The van der Waals surface area contributed by atoms with Gasteiger partial charge in [-0.1, -0.05) is 26.0 Å². The van der Waals surface area contributed by atoms with E-state index in [-0.39, 0.29) is 12.1 Å². The summed E-state index contributed by atoms with van der Waals surface area (Å²) in [6.07, 6.45) is 1.12. The minimum absolute atomic E-state index is 0.150. The van der Waals surface area contributed by atoms with Crippen LogP contribution < -0.4 is 4.90 Å². The summed E-state index contributed by atoms with van der Waals surface area (Å²) < 4.78 is 0. The third-order valence-electron chi connectivity index (χ3n) is 3.26. The lowest BCUT2D eigenvalue weighted by atomic mass is 10.0. The van der Waals surface area contributed by atoms with Crippen molar-refractivity contribution in [1.29, 1.82) is 0 Å². The summed E-state index contributed by atoms with van der Waals surface area (Å²) in [7, 11) is 2.02. The molecule has 1 aromatic rings.